The molecule has 0 aromatic carbocycles. The van der Waals surface area contributed by atoms with Gasteiger partial charge in [0.05, 0.1) is 0 Å². The quantitative estimate of drug-likeness (QED) is 0.560. The predicted molar refractivity (Wildman–Crippen MR) is 74.2 cm³/mol. The molecule has 6 aliphatic rings. The average molecular weight is 244 g/mol. The first-order valence-electron chi connectivity index (χ1n) is 8.87. The second-order valence-corrected chi connectivity index (χ2v) is 8.56. The van der Waals surface area contributed by atoms with Gasteiger partial charge in [0.15, 0.2) is 0 Å². The third kappa shape index (κ3) is 1.15. The monoisotopic (exact) mass is 244 g/mol. The van der Waals surface area contributed by atoms with Gasteiger partial charge in [-0.1, -0.05) is 12.8 Å². The van der Waals surface area contributed by atoms with E-state index < -0.39 is 0 Å². The smallest absolute Gasteiger partial charge is 0.0184 e. The van der Waals surface area contributed by atoms with E-state index in [4.69, 9.17) is 0 Å². The van der Waals surface area contributed by atoms with Gasteiger partial charge in [-0.3, -0.25) is 0 Å². The van der Waals surface area contributed by atoms with Crippen molar-refractivity contribution >= 4 is 0 Å². The van der Waals surface area contributed by atoms with Crippen molar-refractivity contribution in [2.75, 3.05) is 0 Å². The van der Waals surface area contributed by atoms with E-state index in [9.17, 15) is 0 Å². The van der Waals surface area contributed by atoms with Crippen LogP contribution in [0.15, 0.2) is 0 Å². The van der Waals surface area contributed by atoms with Gasteiger partial charge in [0.1, 0.15) is 0 Å². The molecule has 0 saturated heterocycles. The largest absolute Gasteiger partial charge is 0.0527 e. The maximum atomic E-state index is 1.65. The minimum Gasteiger partial charge on any atom is -0.0527 e. The summed E-state index contributed by atoms with van der Waals surface area (Å²) in [5.74, 6) is 7.04. The lowest BCUT2D eigenvalue weighted by atomic mass is 9.35. The Kier molecular flexibility index (Phi) is 2.12. The van der Waals surface area contributed by atoms with Crippen molar-refractivity contribution in [1.29, 1.82) is 0 Å². The average Bonchev–Trinajstić information content (AvgIpc) is 2.34. The summed E-state index contributed by atoms with van der Waals surface area (Å²) in [5, 5.41) is 0. The fourth-order valence-electron chi connectivity index (χ4n) is 8.18. The summed E-state index contributed by atoms with van der Waals surface area (Å²) in [6, 6.07) is 0. The lowest BCUT2D eigenvalue weighted by Gasteiger charge is -2.69. The van der Waals surface area contributed by atoms with E-state index in [1.54, 1.807) is 70.6 Å². The van der Waals surface area contributed by atoms with Crippen molar-refractivity contribution in [3.8, 4) is 0 Å². The zero-order valence-electron chi connectivity index (χ0n) is 11.7. The Morgan fingerprint density at radius 3 is 1.39 bits per heavy atom. The van der Waals surface area contributed by atoms with Crippen molar-refractivity contribution in [3.63, 3.8) is 0 Å². The van der Waals surface area contributed by atoms with Crippen molar-refractivity contribution < 1.29 is 0 Å². The number of rotatable bonds is 0. The predicted octanol–water partition coefficient (Wildman–Crippen LogP) is 5.03. The molecule has 18 heavy (non-hydrogen) atoms. The summed E-state index contributed by atoms with van der Waals surface area (Å²) in [7, 11) is 0. The van der Waals surface area contributed by atoms with Gasteiger partial charge in [0.25, 0.3) is 0 Å². The zero-order chi connectivity index (χ0) is 11.7. The number of hydrogen-bond donors (Lipinski definition) is 0. The van der Waals surface area contributed by atoms with Crippen molar-refractivity contribution in [1.82, 2.24) is 0 Å². The van der Waals surface area contributed by atoms with Crippen molar-refractivity contribution in [3.05, 3.63) is 0 Å². The molecule has 0 heterocycles. The molecule has 0 amide bonds. The van der Waals surface area contributed by atoms with Gasteiger partial charge in [-0.2, -0.15) is 0 Å². The third-order valence-corrected chi connectivity index (χ3v) is 8.18. The van der Waals surface area contributed by atoms with Crippen LogP contribution < -0.4 is 0 Å². The maximum absolute atomic E-state index is 1.65. The van der Waals surface area contributed by atoms with Crippen LogP contribution in [0.3, 0.4) is 0 Å². The van der Waals surface area contributed by atoms with Crippen LogP contribution in [0.5, 0.6) is 0 Å². The van der Waals surface area contributed by atoms with E-state index in [0.29, 0.717) is 0 Å². The van der Waals surface area contributed by atoms with E-state index in [1.807, 2.05) is 0 Å². The van der Waals surface area contributed by atoms with Gasteiger partial charge in [-0.25, -0.2) is 0 Å². The van der Waals surface area contributed by atoms with Gasteiger partial charge in [0.2, 0.25) is 0 Å². The maximum Gasteiger partial charge on any atom is -0.0184 e. The van der Waals surface area contributed by atoms with Crippen LogP contribution >= 0.6 is 0 Å². The Morgan fingerprint density at radius 1 is 0.500 bits per heavy atom. The van der Waals surface area contributed by atoms with Crippen molar-refractivity contribution in [2.24, 2.45) is 40.9 Å². The van der Waals surface area contributed by atoms with Crippen molar-refractivity contribution in [2.45, 2.75) is 70.6 Å². The molecule has 6 rings (SSSR count). The van der Waals surface area contributed by atoms with Crippen LogP contribution in [0.4, 0.5) is 0 Å². The highest BCUT2D eigenvalue weighted by Crippen LogP contribution is 2.72. The molecular formula is C18H28. The molecule has 0 atom stereocenters. The van der Waals surface area contributed by atoms with Gasteiger partial charge in [-0.15, -0.1) is 0 Å². The first-order chi connectivity index (χ1) is 8.87. The minimum absolute atomic E-state index is 0.893. The standard InChI is InChI=1S/C18H28/c1-3-14-5-2-6-15(4-1)18(14)16-8-12-7-13(10-16)11-17(18)9-12/h12-17H,1-11H2. The molecule has 6 fully saturated rings. The molecular weight excluding hydrogens is 216 g/mol. The van der Waals surface area contributed by atoms with Crippen LogP contribution in [-0.4, -0.2) is 0 Å². The second kappa shape index (κ2) is 3.55. The molecule has 0 unspecified atom stereocenters. The lowest BCUT2D eigenvalue weighted by Crippen LogP contribution is -2.61. The molecule has 0 heteroatoms. The van der Waals surface area contributed by atoms with Gasteiger partial charge >= 0.3 is 0 Å². The molecule has 0 radical (unpaired) electrons. The Hall–Kier alpha value is 0. The normalized spacial score (nSPS) is 61.3. The van der Waals surface area contributed by atoms with Gasteiger partial charge < -0.3 is 0 Å². The minimum atomic E-state index is 0.893. The Labute approximate surface area is 112 Å². The molecule has 0 aromatic rings. The molecule has 0 N–H and O–H groups in total. The summed E-state index contributed by atoms with van der Waals surface area (Å²) in [5.41, 5.74) is 0.893. The van der Waals surface area contributed by atoms with Crippen LogP contribution in [0, 0.1) is 40.9 Å². The SMILES string of the molecule is C1CC2CCCC(C1)C21C2CC3CC(C2)CC1C3. The van der Waals surface area contributed by atoms with E-state index in [2.05, 4.69) is 0 Å². The first kappa shape index (κ1) is 10.7. The topological polar surface area (TPSA) is 0 Å². The third-order valence-electron chi connectivity index (χ3n) is 8.18. The molecule has 0 aliphatic heterocycles. The summed E-state index contributed by atoms with van der Waals surface area (Å²) < 4.78 is 0. The Balaban J connectivity index is 1.61. The highest BCUT2D eigenvalue weighted by atomic mass is 14.7. The Morgan fingerprint density at radius 2 is 0.944 bits per heavy atom. The fraction of sp³-hybridized carbons (Fsp3) is 1.00. The molecule has 6 bridgehead atoms. The van der Waals surface area contributed by atoms with E-state index in [0.717, 1.165) is 5.41 Å². The van der Waals surface area contributed by atoms with E-state index in [-0.39, 0.29) is 0 Å². The summed E-state index contributed by atoms with van der Waals surface area (Å²) >= 11 is 0. The van der Waals surface area contributed by atoms with Gasteiger partial charge in [-0.05, 0) is 98.7 Å². The highest BCUT2D eigenvalue weighted by Gasteiger charge is 2.63. The zero-order valence-corrected chi connectivity index (χ0v) is 11.7. The molecule has 1 spiro atoms. The van der Waals surface area contributed by atoms with Crippen LogP contribution in [0.25, 0.3) is 0 Å². The van der Waals surface area contributed by atoms with Crippen LogP contribution in [-0.2, 0) is 0 Å². The van der Waals surface area contributed by atoms with E-state index >= 15 is 0 Å². The summed E-state index contributed by atoms with van der Waals surface area (Å²) in [6.45, 7) is 0. The second-order valence-electron chi connectivity index (χ2n) is 8.56. The first-order valence-corrected chi connectivity index (χ1v) is 8.87. The van der Waals surface area contributed by atoms with Crippen LogP contribution in [0.2, 0.25) is 0 Å². The van der Waals surface area contributed by atoms with Gasteiger partial charge in [0, 0.05) is 0 Å². The summed E-state index contributed by atoms with van der Waals surface area (Å²) in [6.07, 6.45) is 17.8. The van der Waals surface area contributed by atoms with E-state index in [1.165, 1.54) is 35.5 Å². The lowest BCUT2D eigenvalue weighted by molar-refractivity contribution is -0.202. The fourth-order valence-corrected chi connectivity index (χ4v) is 8.18. The van der Waals surface area contributed by atoms with Crippen LogP contribution in [0.1, 0.15) is 70.6 Å². The molecule has 0 nitrogen and oxygen atoms in total. The molecule has 6 aliphatic carbocycles. The number of hydrogen-bond acceptors (Lipinski definition) is 0. The Bertz CT molecular complexity index is 303. The molecule has 0 aromatic heterocycles. The highest BCUT2D eigenvalue weighted by molar-refractivity contribution is 5.13. The molecule has 100 valence electrons. The summed E-state index contributed by atoms with van der Waals surface area (Å²) in [4.78, 5) is 0. The molecule has 6 saturated carbocycles.